The predicted octanol–water partition coefficient (Wildman–Crippen LogP) is 2.77. The molecule has 0 saturated heterocycles. The molecule has 8 heteroatoms. The lowest BCUT2D eigenvalue weighted by molar-refractivity contribution is -0.123. The number of guanidine groups is 1. The molecule has 0 bridgehead atoms. The number of aliphatic imine (C=N–C) groups is 1. The van der Waals surface area contributed by atoms with Crippen molar-refractivity contribution in [1.82, 2.24) is 10.2 Å². The Hall–Kier alpha value is -3.55. The summed E-state index contributed by atoms with van der Waals surface area (Å²) in [7, 11) is 0. The first-order chi connectivity index (χ1) is 14.6. The van der Waals surface area contributed by atoms with Crippen LogP contribution < -0.4 is 21.1 Å². The van der Waals surface area contributed by atoms with Gasteiger partial charge < -0.3 is 26.0 Å². The van der Waals surface area contributed by atoms with Crippen LogP contribution in [0.1, 0.15) is 33.3 Å². The molecule has 2 amide bonds. The SMILES string of the molecule is CC(Oc1cccc2c1CN(CC(=O)NC(C)(C)C)C(N)=N2)C(=O)Nc1ccccc1. The van der Waals surface area contributed by atoms with E-state index in [1.54, 1.807) is 24.0 Å². The van der Waals surface area contributed by atoms with Crippen molar-refractivity contribution in [3.05, 3.63) is 54.1 Å². The maximum Gasteiger partial charge on any atom is 0.265 e. The number of hydrogen-bond donors (Lipinski definition) is 3. The average molecular weight is 424 g/mol. The molecule has 1 aliphatic rings. The zero-order valence-electron chi connectivity index (χ0n) is 18.3. The molecule has 0 aliphatic carbocycles. The second-order valence-corrected chi connectivity index (χ2v) is 8.49. The smallest absolute Gasteiger partial charge is 0.265 e. The van der Waals surface area contributed by atoms with Crippen LogP contribution in [0.2, 0.25) is 0 Å². The zero-order valence-corrected chi connectivity index (χ0v) is 18.3. The van der Waals surface area contributed by atoms with E-state index in [4.69, 9.17) is 10.5 Å². The van der Waals surface area contributed by atoms with Gasteiger partial charge in [0.05, 0.1) is 12.2 Å². The van der Waals surface area contributed by atoms with Crippen molar-refractivity contribution < 1.29 is 14.3 Å². The molecule has 0 radical (unpaired) electrons. The summed E-state index contributed by atoms with van der Waals surface area (Å²) in [6.45, 7) is 7.87. The van der Waals surface area contributed by atoms with Crippen molar-refractivity contribution in [2.45, 2.75) is 45.9 Å². The largest absolute Gasteiger partial charge is 0.480 e. The van der Waals surface area contributed by atoms with Crippen molar-refractivity contribution in [2.24, 2.45) is 10.7 Å². The molecule has 1 aliphatic heterocycles. The number of nitrogens with zero attached hydrogens (tertiary/aromatic N) is 2. The third kappa shape index (κ3) is 5.97. The molecule has 4 N–H and O–H groups in total. The molecule has 1 unspecified atom stereocenters. The first kappa shape index (κ1) is 22.1. The van der Waals surface area contributed by atoms with Crippen molar-refractivity contribution in [2.75, 3.05) is 11.9 Å². The van der Waals surface area contributed by atoms with E-state index in [0.717, 1.165) is 5.56 Å². The Labute approximate surface area is 182 Å². The Morgan fingerprint density at radius 1 is 1.16 bits per heavy atom. The third-order valence-electron chi connectivity index (χ3n) is 4.58. The summed E-state index contributed by atoms with van der Waals surface area (Å²) in [4.78, 5) is 31.0. The quantitative estimate of drug-likeness (QED) is 0.662. The second-order valence-electron chi connectivity index (χ2n) is 8.49. The number of fused-ring (bicyclic) bond motifs is 1. The molecule has 8 nitrogen and oxygen atoms in total. The maximum atomic E-state index is 12.5. The monoisotopic (exact) mass is 423 g/mol. The summed E-state index contributed by atoms with van der Waals surface area (Å²) in [6.07, 6.45) is -0.729. The van der Waals surface area contributed by atoms with Gasteiger partial charge in [-0.1, -0.05) is 24.3 Å². The Balaban J connectivity index is 1.72. The normalized spacial score (nSPS) is 14.2. The van der Waals surface area contributed by atoms with Gasteiger partial charge >= 0.3 is 0 Å². The van der Waals surface area contributed by atoms with E-state index in [9.17, 15) is 9.59 Å². The van der Waals surface area contributed by atoms with E-state index in [1.165, 1.54) is 0 Å². The molecule has 2 aromatic rings. The van der Waals surface area contributed by atoms with Crippen LogP contribution in [0, 0.1) is 0 Å². The van der Waals surface area contributed by atoms with Gasteiger partial charge in [0, 0.05) is 16.8 Å². The van der Waals surface area contributed by atoms with Gasteiger partial charge in [0.2, 0.25) is 5.91 Å². The standard InChI is InChI=1S/C23H29N5O3/c1-15(21(30)25-16-9-6-5-7-10-16)31-19-12-8-11-18-17(19)13-28(22(24)26-18)14-20(29)27-23(2,3)4/h5-12,15H,13-14H2,1-4H3,(H2,24,26)(H,25,30)(H,27,29). The number of nitrogens with one attached hydrogen (secondary N) is 2. The van der Waals surface area contributed by atoms with E-state index in [2.05, 4.69) is 15.6 Å². The molecule has 164 valence electrons. The van der Waals surface area contributed by atoms with Crippen molar-refractivity contribution in [3.63, 3.8) is 0 Å². The lowest BCUT2D eigenvalue weighted by atomic mass is 10.1. The number of anilines is 1. The molecule has 0 fully saturated rings. The van der Waals surface area contributed by atoms with Gasteiger partial charge in [-0.25, -0.2) is 4.99 Å². The van der Waals surface area contributed by atoms with Crippen LogP contribution in [0.15, 0.2) is 53.5 Å². The summed E-state index contributed by atoms with van der Waals surface area (Å²) in [6, 6.07) is 14.6. The molecule has 31 heavy (non-hydrogen) atoms. The van der Waals surface area contributed by atoms with Gasteiger partial charge in [-0.15, -0.1) is 0 Å². The Bertz CT molecular complexity index is 982. The van der Waals surface area contributed by atoms with Crippen LogP contribution >= 0.6 is 0 Å². The van der Waals surface area contributed by atoms with Gasteiger partial charge in [-0.2, -0.15) is 0 Å². The lowest BCUT2D eigenvalue weighted by Gasteiger charge is -2.30. The highest BCUT2D eigenvalue weighted by Crippen LogP contribution is 2.33. The van der Waals surface area contributed by atoms with E-state index in [-0.39, 0.29) is 29.9 Å². The zero-order chi connectivity index (χ0) is 22.6. The predicted molar refractivity (Wildman–Crippen MR) is 121 cm³/mol. The van der Waals surface area contributed by atoms with E-state index in [0.29, 0.717) is 23.7 Å². The second kappa shape index (κ2) is 9.07. The molecular weight excluding hydrogens is 394 g/mol. The molecule has 2 aromatic carbocycles. The Morgan fingerprint density at radius 3 is 2.55 bits per heavy atom. The van der Waals surface area contributed by atoms with Crippen LogP contribution in [-0.2, 0) is 16.1 Å². The van der Waals surface area contributed by atoms with Crippen LogP contribution in [0.3, 0.4) is 0 Å². The van der Waals surface area contributed by atoms with Gasteiger partial charge in [0.25, 0.3) is 5.91 Å². The number of amides is 2. The fourth-order valence-electron chi connectivity index (χ4n) is 3.17. The number of benzene rings is 2. The number of carbonyl (C=O) groups is 2. The summed E-state index contributed by atoms with van der Waals surface area (Å²) >= 11 is 0. The molecule has 0 aromatic heterocycles. The minimum absolute atomic E-state index is 0.0738. The van der Waals surface area contributed by atoms with Crippen molar-refractivity contribution >= 4 is 29.1 Å². The van der Waals surface area contributed by atoms with Crippen LogP contribution in [0.25, 0.3) is 0 Å². The Morgan fingerprint density at radius 2 is 1.87 bits per heavy atom. The fraction of sp³-hybridized carbons (Fsp3) is 0.348. The molecule has 0 saturated carbocycles. The van der Waals surface area contributed by atoms with Gasteiger partial charge in [0.1, 0.15) is 12.3 Å². The molecule has 1 heterocycles. The summed E-state index contributed by atoms with van der Waals surface area (Å²) in [5, 5.41) is 5.75. The number of para-hydroxylation sites is 1. The summed E-state index contributed by atoms with van der Waals surface area (Å²) in [5.74, 6) is 0.390. The first-order valence-electron chi connectivity index (χ1n) is 10.2. The van der Waals surface area contributed by atoms with E-state index >= 15 is 0 Å². The first-order valence-corrected chi connectivity index (χ1v) is 10.2. The number of carbonyl (C=O) groups excluding carboxylic acids is 2. The average Bonchev–Trinajstić information content (AvgIpc) is 2.68. The molecule has 3 rings (SSSR count). The number of rotatable bonds is 6. The molecular formula is C23H29N5O3. The van der Waals surface area contributed by atoms with Gasteiger partial charge in [-0.3, -0.25) is 9.59 Å². The van der Waals surface area contributed by atoms with Crippen LogP contribution in [-0.4, -0.2) is 40.9 Å². The van der Waals surface area contributed by atoms with Crippen molar-refractivity contribution in [3.8, 4) is 5.75 Å². The number of hydrogen-bond acceptors (Lipinski definition) is 6. The van der Waals surface area contributed by atoms with Crippen molar-refractivity contribution in [1.29, 1.82) is 0 Å². The highest BCUT2D eigenvalue weighted by Gasteiger charge is 2.25. The van der Waals surface area contributed by atoms with Crippen LogP contribution in [0.4, 0.5) is 11.4 Å². The molecule has 1 atom stereocenters. The van der Waals surface area contributed by atoms with E-state index in [1.807, 2.05) is 57.2 Å². The van der Waals surface area contributed by atoms with Gasteiger partial charge in [0.15, 0.2) is 12.1 Å². The highest BCUT2D eigenvalue weighted by molar-refractivity contribution is 5.94. The fourth-order valence-corrected chi connectivity index (χ4v) is 3.17. The topological polar surface area (TPSA) is 109 Å². The number of nitrogens with two attached hydrogens (primary N) is 1. The minimum atomic E-state index is -0.729. The van der Waals surface area contributed by atoms with Gasteiger partial charge in [-0.05, 0) is 52.0 Å². The highest BCUT2D eigenvalue weighted by atomic mass is 16.5. The molecule has 0 spiro atoms. The van der Waals surface area contributed by atoms with Crippen LogP contribution in [0.5, 0.6) is 5.75 Å². The maximum absolute atomic E-state index is 12.5. The minimum Gasteiger partial charge on any atom is -0.480 e. The Kier molecular flexibility index (Phi) is 6.48. The number of ether oxygens (including phenoxy) is 1. The third-order valence-corrected chi connectivity index (χ3v) is 4.58. The lowest BCUT2D eigenvalue weighted by Crippen LogP contribution is -2.49. The summed E-state index contributed by atoms with van der Waals surface area (Å²) < 4.78 is 5.97. The van der Waals surface area contributed by atoms with E-state index < -0.39 is 6.10 Å². The summed E-state index contributed by atoms with van der Waals surface area (Å²) in [5.41, 5.74) is 7.88.